The van der Waals surface area contributed by atoms with Gasteiger partial charge in [0.15, 0.2) is 5.11 Å². The van der Waals surface area contributed by atoms with E-state index >= 15 is 0 Å². The Morgan fingerprint density at radius 1 is 1.05 bits per heavy atom. The number of hydrogen-bond acceptors (Lipinski definition) is 4. The van der Waals surface area contributed by atoms with E-state index in [-0.39, 0.29) is 23.9 Å². The van der Waals surface area contributed by atoms with Crippen LogP contribution in [0.3, 0.4) is 0 Å². The average molecular weight is 526 g/mol. The molecule has 2 N–H and O–H groups in total. The molecule has 1 fully saturated rings. The van der Waals surface area contributed by atoms with Crippen LogP contribution in [0, 0.1) is 12.8 Å². The molecule has 3 heterocycles. The summed E-state index contributed by atoms with van der Waals surface area (Å²) in [6.07, 6.45) is 3.85. The van der Waals surface area contributed by atoms with Gasteiger partial charge in [0.05, 0.1) is 18.8 Å². The van der Waals surface area contributed by atoms with E-state index in [0.29, 0.717) is 5.11 Å². The molecule has 5 rings (SSSR count). The van der Waals surface area contributed by atoms with Crippen molar-refractivity contribution in [2.45, 2.75) is 32.9 Å². The minimum absolute atomic E-state index is 0.0107. The predicted molar refractivity (Wildman–Crippen MR) is 155 cm³/mol. The van der Waals surface area contributed by atoms with E-state index in [1.165, 1.54) is 0 Å². The molecule has 2 atom stereocenters. The summed E-state index contributed by atoms with van der Waals surface area (Å²) in [6.45, 7) is 5.76. The maximum atomic E-state index is 12.3. The molecule has 0 spiro atoms. The van der Waals surface area contributed by atoms with E-state index in [0.717, 1.165) is 39.8 Å². The van der Waals surface area contributed by atoms with Gasteiger partial charge in [-0.1, -0.05) is 26.0 Å². The molecule has 0 saturated carbocycles. The molecule has 1 aliphatic heterocycles. The number of rotatable bonds is 7. The molecule has 1 aliphatic rings. The fourth-order valence-corrected chi connectivity index (χ4v) is 5.12. The summed E-state index contributed by atoms with van der Waals surface area (Å²) in [5.74, 6) is 0.677. The summed E-state index contributed by atoms with van der Waals surface area (Å²) in [5.41, 5.74) is 5.63. The average Bonchev–Trinajstić information content (AvgIpc) is 3.54. The van der Waals surface area contributed by atoms with Gasteiger partial charge in [0.25, 0.3) is 0 Å². The number of aromatic nitrogens is 2. The van der Waals surface area contributed by atoms with Gasteiger partial charge in [-0.3, -0.25) is 9.78 Å². The molecule has 4 aromatic rings. The third-order valence-electron chi connectivity index (χ3n) is 6.78. The van der Waals surface area contributed by atoms with Gasteiger partial charge in [-0.2, -0.15) is 0 Å². The van der Waals surface area contributed by atoms with Crippen molar-refractivity contribution in [2.75, 3.05) is 17.3 Å². The molecule has 1 amide bonds. The molecule has 2 aromatic heterocycles. The Morgan fingerprint density at radius 3 is 2.61 bits per heavy atom. The van der Waals surface area contributed by atoms with Crippen LogP contribution in [0.2, 0.25) is 0 Å². The number of amides is 1. The maximum Gasteiger partial charge on any atom is 0.226 e. The number of aryl methyl sites for hydroxylation is 1. The lowest BCUT2D eigenvalue weighted by Gasteiger charge is -2.29. The zero-order valence-electron chi connectivity index (χ0n) is 21.9. The molecule has 0 bridgehead atoms. The minimum atomic E-state index is -0.186. The lowest BCUT2D eigenvalue weighted by Crippen LogP contribution is -2.30. The molecule has 38 heavy (non-hydrogen) atoms. The van der Waals surface area contributed by atoms with Gasteiger partial charge in [-0.15, -0.1) is 0 Å². The van der Waals surface area contributed by atoms with Crippen molar-refractivity contribution in [3.8, 4) is 11.4 Å². The van der Waals surface area contributed by atoms with Gasteiger partial charge in [0.2, 0.25) is 5.91 Å². The molecule has 2 aromatic carbocycles. The summed E-state index contributed by atoms with van der Waals surface area (Å²) in [7, 11) is 1.67. The van der Waals surface area contributed by atoms with Crippen LogP contribution >= 0.6 is 12.2 Å². The number of ether oxygens (including phenoxy) is 1. The predicted octanol–water partition coefficient (Wildman–Crippen LogP) is 5.96. The van der Waals surface area contributed by atoms with E-state index in [2.05, 4.69) is 49.5 Å². The number of hydrogen-bond donors (Lipinski definition) is 2. The highest BCUT2D eigenvalue weighted by Gasteiger charge is 2.42. The monoisotopic (exact) mass is 525 g/mol. The van der Waals surface area contributed by atoms with E-state index < -0.39 is 0 Å². The first kappa shape index (κ1) is 25.5. The zero-order valence-corrected chi connectivity index (χ0v) is 22.7. The zero-order chi connectivity index (χ0) is 26.8. The van der Waals surface area contributed by atoms with Gasteiger partial charge in [-0.05, 0) is 79.3 Å². The van der Waals surface area contributed by atoms with Crippen molar-refractivity contribution in [3.05, 3.63) is 102 Å². The van der Waals surface area contributed by atoms with Crippen LogP contribution in [0.15, 0.2) is 85.2 Å². The molecule has 0 aliphatic carbocycles. The van der Waals surface area contributed by atoms with Gasteiger partial charge >= 0.3 is 0 Å². The highest BCUT2D eigenvalue weighted by molar-refractivity contribution is 7.80. The Bertz CT molecular complexity index is 1470. The van der Waals surface area contributed by atoms with E-state index in [1.54, 1.807) is 13.3 Å². The topological polar surface area (TPSA) is 71.4 Å². The van der Waals surface area contributed by atoms with E-state index in [1.807, 2.05) is 75.4 Å². The number of carbonyl (C=O) groups is 1. The fourth-order valence-electron chi connectivity index (χ4n) is 4.78. The Labute approximate surface area is 228 Å². The van der Waals surface area contributed by atoms with Gasteiger partial charge in [-0.25, -0.2) is 0 Å². The lowest BCUT2D eigenvalue weighted by atomic mass is 10.00. The van der Waals surface area contributed by atoms with E-state index in [9.17, 15) is 4.79 Å². The summed E-state index contributed by atoms with van der Waals surface area (Å²) in [4.78, 5) is 19.1. The van der Waals surface area contributed by atoms with Gasteiger partial charge < -0.3 is 24.8 Å². The number of anilines is 2. The second kappa shape index (κ2) is 10.7. The first-order chi connectivity index (χ1) is 18.4. The molecule has 0 radical (unpaired) electrons. The molecule has 1 saturated heterocycles. The minimum Gasteiger partial charge on any atom is -0.497 e. The second-order valence-corrected chi connectivity index (χ2v) is 10.0. The van der Waals surface area contributed by atoms with Crippen molar-refractivity contribution in [1.82, 2.24) is 14.9 Å². The van der Waals surface area contributed by atoms with E-state index in [4.69, 9.17) is 17.0 Å². The van der Waals surface area contributed by atoms with Crippen molar-refractivity contribution in [3.63, 3.8) is 0 Å². The number of thiocarbonyl (C=S) groups is 1. The third-order valence-corrected chi connectivity index (χ3v) is 7.10. The van der Waals surface area contributed by atoms with Crippen LogP contribution < -0.4 is 20.3 Å². The normalized spacial score (nSPS) is 17.0. The van der Waals surface area contributed by atoms with Gasteiger partial charge in [0.1, 0.15) is 11.8 Å². The number of pyridine rings is 1. The number of methoxy groups -OCH3 is 1. The van der Waals surface area contributed by atoms with Crippen molar-refractivity contribution in [1.29, 1.82) is 0 Å². The van der Waals surface area contributed by atoms with Crippen molar-refractivity contribution >= 4 is 34.6 Å². The third kappa shape index (κ3) is 4.87. The lowest BCUT2D eigenvalue weighted by molar-refractivity contribution is -0.118. The van der Waals surface area contributed by atoms with Crippen LogP contribution in [0.25, 0.3) is 5.69 Å². The smallest absolute Gasteiger partial charge is 0.226 e. The standard InChI is InChI=1S/C30H31N5O2S/c1-19(2)29(36)32-24-14-13-22(17-20(24)3)35-28(27(33-30(35)38)25-11-5-6-15-31-25)26-12-8-16-34(26)21-9-7-10-23(18-21)37-4/h5-19,27-28H,1-4H3,(H,32,36)(H,33,38)/t27-,28-/m0/s1. The van der Waals surface area contributed by atoms with Crippen molar-refractivity contribution < 1.29 is 9.53 Å². The fraction of sp³-hybridized carbons (Fsp3) is 0.233. The Kier molecular flexibility index (Phi) is 7.15. The largest absolute Gasteiger partial charge is 0.497 e. The SMILES string of the molecule is COc1cccc(-n2cccc2[C@H]2[C@H](c3ccccn3)NC(=S)N2c2ccc(NC(=O)C(C)C)c(C)c2)c1. The Morgan fingerprint density at radius 2 is 1.89 bits per heavy atom. The highest BCUT2D eigenvalue weighted by Crippen LogP contribution is 2.43. The van der Waals surface area contributed by atoms with Crippen LogP contribution in [-0.4, -0.2) is 27.7 Å². The summed E-state index contributed by atoms with van der Waals surface area (Å²) < 4.78 is 7.65. The first-order valence-corrected chi connectivity index (χ1v) is 13.0. The van der Waals surface area contributed by atoms with Crippen molar-refractivity contribution in [2.24, 2.45) is 5.92 Å². The summed E-state index contributed by atoms with van der Waals surface area (Å²) >= 11 is 5.92. The summed E-state index contributed by atoms with van der Waals surface area (Å²) in [6, 6.07) is 23.7. The maximum absolute atomic E-state index is 12.3. The summed E-state index contributed by atoms with van der Waals surface area (Å²) in [5, 5.41) is 7.16. The molecule has 7 nitrogen and oxygen atoms in total. The molecule has 194 valence electrons. The molecular formula is C30H31N5O2S. The number of nitrogens with zero attached hydrogens (tertiary/aromatic N) is 3. The van der Waals surface area contributed by atoms with Crippen LogP contribution in [-0.2, 0) is 4.79 Å². The Balaban J connectivity index is 1.60. The first-order valence-electron chi connectivity index (χ1n) is 12.6. The molecule has 0 unspecified atom stereocenters. The number of benzene rings is 2. The Hall–Kier alpha value is -4.17. The van der Waals surface area contributed by atoms with Crippen LogP contribution in [0.1, 0.15) is 42.9 Å². The van der Waals surface area contributed by atoms with Gasteiger partial charge in [0, 0.05) is 47.1 Å². The number of carbonyl (C=O) groups excluding carboxylic acids is 1. The second-order valence-electron chi connectivity index (χ2n) is 9.64. The number of nitrogens with one attached hydrogen (secondary N) is 2. The van der Waals surface area contributed by atoms with Crippen LogP contribution in [0.5, 0.6) is 5.75 Å². The van der Waals surface area contributed by atoms with Crippen LogP contribution in [0.4, 0.5) is 11.4 Å². The quantitative estimate of drug-likeness (QED) is 0.290. The highest BCUT2D eigenvalue weighted by atomic mass is 32.1. The molecule has 8 heteroatoms. The molecular weight excluding hydrogens is 494 g/mol.